The lowest BCUT2D eigenvalue weighted by Gasteiger charge is -2.17. The lowest BCUT2D eigenvalue weighted by molar-refractivity contribution is -0.140. The van der Waals surface area contributed by atoms with Crippen molar-refractivity contribution in [3.63, 3.8) is 0 Å². The zero-order valence-electron chi connectivity index (χ0n) is 9.53. The van der Waals surface area contributed by atoms with Crippen LogP contribution in [0.2, 0.25) is 0 Å². The molecule has 3 heteroatoms. The molecule has 0 aliphatic heterocycles. The third-order valence-corrected chi connectivity index (χ3v) is 2.00. The van der Waals surface area contributed by atoms with Gasteiger partial charge in [0.15, 0.2) is 6.29 Å². The summed E-state index contributed by atoms with van der Waals surface area (Å²) in [6.45, 7) is 5.15. The molecule has 0 heterocycles. The predicted octanol–water partition coefficient (Wildman–Crippen LogP) is 2.77. The molecule has 0 aliphatic rings. The van der Waals surface area contributed by atoms with E-state index in [0.29, 0.717) is 13.2 Å². The fourth-order valence-corrected chi connectivity index (χ4v) is 1.33. The normalized spacial score (nSPS) is 10.7. The highest BCUT2D eigenvalue weighted by Crippen LogP contribution is 2.22. The molecule has 15 heavy (non-hydrogen) atoms. The lowest BCUT2D eigenvalue weighted by atomic mass is 10.2. The predicted molar refractivity (Wildman–Crippen MR) is 59.0 cm³/mol. The van der Waals surface area contributed by atoms with Crippen molar-refractivity contribution in [2.45, 2.75) is 20.1 Å². The van der Waals surface area contributed by atoms with Crippen molar-refractivity contribution in [3.8, 4) is 5.75 Å². The molecule has 1 aromatic rings. The van der Waals surface area contributed by atoms with Crippen LogP contribution in [0, 0.1) is 0 Å². The Morgan fingerprint density at radius 3 is 2.33 bits per heavy atom. The highest BCUT2D eigenvalue weighted by Gasteiger charge is 2.11. The van der Waals surface area contributed by atoms with Gasteiger partial charge in [-0.15, -0.1) is 0 Å². The standard InChI is InChI=1S/C12H18O3/c1-4-14-12(15-5-2)10-7-6-8-11(9-10)13-3/h6-9,12H,4-5H2,1-3H3. The van der Waals surface area contributed by atoms with Crippen LogP contribution in [0.4, 0.5) is 0 Å². The minimum Gasteiger partial charge on any atom is -0.497 e. The van der Waals surface area contributed by atoms with Crippen LogP contribution in [-0.2, 0) is 9.47 Å². The zero-order chi connectivity index (χ0) is 11.1. The van der Waals surface area contributed by atoms with Crippen molar-refractivity contribution in [3.05, 3.63) is 29.8 Å². The molecule has 0 amide bonds. The molecule has 0 N–H and O–H groups in total. The van der Waals surface area contributed by atoms with Gasteiger partial charge in [0.1, 0.15) is 5.75 Å². The summed E-state index contributed by atoms with van der Waals surface area (Å²) < 4.78 is 16.1. The molecule has 0 aliphatic carbocycles. The van der Waals surface area contributed by atoms with Crippen LogP contribution >= 0.6 is 0 Å². The second-order valence-corrected chi connectivity index (χ2v) is 3.02. The van der Waals surface area contributed by atoms with E-state index >= 15 is 0 Å². The monoisotopic (exact) mass is 210 g/mol. The van der Waals surface area contributed by atoms with Crippen LogP contribution in [0.15, 0.2) is 24.3 Å². The van der Waals surface area contributed by atoms with Crippen LogP contribution < -0.4 is 4.74 Å². The molecular weight excluding hydrogens is 192 g/mol. The van der Waals surface area contributed by atoms with Crippen LogP contribution in [0.3, 0.4) is 0 Å². The molecule has 0 saturated heterocycles. The Bertz CT molecular complexity index is 280. The second kappa shape index (κ2) is 6.43. The summed E-state index contributed by atoms with van der Waals surface area (Å²) in [5.41, 5.74) is 0.984. The summed E-state index contributed by atoms with van der Waals surface area (Å²) >= 11 is 0. The number of rotatable bonds is 6. The molecule has 3 nitrogen and oxygen atoms in total. The van der Waals surface area contributed by atoms with E-state index in [2.05, 4.69) is 0 Å². The van der Waals surface area contributed by atoms with Crippen molar-refractivity contribution in [2.75, 3.05) is 20.3 Å². The summed E-state index contributed by atoms with van der Waals surface area (Å²) in [6, 6.07) is 7.73. The van der Waals surface area contributed by atoms with Crippen LogP contribution in [0.5, 0.6) is 5.75 Å². The fraction of sp³-hybridized carbons (Fsp3) is 0.500. The molecule has 1 aromatic carbocycles. The van der Waals surface area contributed by atoms with Crippen LogP contribution in [0.25, 0.3) is 0 Å². The molecule has 0 aromatic heterocycles. The molecule has 0 atom stereocenters. The van der Waals surface area contributed by atoms with Crippen molar-refractivity contribution >= 4 is 0 Å². The van der Waals surface area contributed by atoms with E-state index in [1.807, 2.05) is 38.1 Å². The van der Waals surface area contributed by atoms with Crippen molar-refractivity contribution in [1.82, 2.24) is 0 Å². The number of methoxy groups -OCH3 is 1. The maximum Gasteiger partial charge on any atom is 0.183 e. The summed E-state index contributed by atoms with van der Waals surface area (Å²) in [7, 11) is 1.65. The smallest absolute Gasteiger partial charge is 0.183 e. The van der Waals surface area contributed by atoms with Gasteiger partial charge in [0, 0.05) is 18.8 Å². The Kier molecular flexibility index (Phi) is 5.15. The van der Waals surface area contributed by atoms with E-state index < -0.39 is 0 Å². The van der Waals surface area contributed by atoms with Crippen LogP contribution in [-0.4, -0.2) is 20.3 Å². The second-order valence-electron chi connectivity index (χ2n) is 3.02. The Labute approximate surface area is 91.0 Å². The molecule has 0 radical (unpaired) electrons. The zero-order valence-corrected chi connectivity index (χ0v) is 9.53. The maximum absolute atomic E-state index is 5.49. The quantitative estimate of drug-likeness (QED) is 0.676. The number of hydrogen-bond acceptors (Lipinski definition) is 3. The SMILES string of the molecule is CCOC(OCC)c1cccc(OC)c1. The Morgan fingerprint density at radius 1 is 1.13 bits per heavy atom. The minimum absolute atomic E-state index is 0.296. The largest absolute Gasteiger partial charge is 0.497 e. The van der Waals surface area contributed by atoms with E-state index in [9.17, 15) is 0 Å². The number of hydrogen-bond donors (Lipinski definition) is 0. The minimum atomic E-state index is -0.296. The van der Waals surface area contributed by atoms with E-state index in [1.54, 1.807) is 7.11 Å². The van der Waals surface area contributed by atoms with Crippen molar-refractivity contribution < 1.29 is 14.2 Å². The number of ether oxygens (including phenoxy) is 3. The third kappa shape index (κ3) is 3.53. The Morgan fingerprint density at radius 2 is 1.80 bits per heavy atom. The summed E-state index contributed by atoms with van der Waals surface area (Å²) in [5.74, 6) is 0.817. The van der Waals surface area contributed by atoms with Crippen molar-refractivity contribution in [1.29, 1.82) is 0 Å². The number of benzene rings is 1. The van der Waals surface area contributed by atoms with Gasteiger partial charge in [-0.1, -0.05) is 12.1 Å². The fourth-order valence-electron chi connectivity index (χ4n) is 1.33. The molecule has 0 fully saturated rings. The summed E-state index contributed by atoms with van der Waals surface area (Å²) in [6.07, 6.45) is -0.296. The highest BCUT2D eigenvalue weighted by molar-refractivity contribution is 5.29. The molecule has 1 rings (SSSR count). The van der Waals surface area contributed by atoms with Gasteiger partial charge in [-0.3, -0.25) is 0 Å². The Hall–Kier alpha value is -1.06. The van der Waals surface area contributed by atoms with Gasteiger partial charge in [-0.2, -0.15) is 0 Å². The first-order valence-electron chi connectivity index (χ1n) is 5.19. The van der Waals surface area contributed by atoms with Gasteiger partial charge in [0.2, 0.25) is 0 Å². The average Bonchev–Trinajstić information content (AvgIpc) is 2.29. The molecule has 0 unspecified atom stereocenters. The van der Waals surface area contributed by atoms with Gasteiger partial charge in [0.25, 0.3) is 0 Å². The molecule has 84 valence electrons. The molecule has 0 spiro atoms. The van der Waals surface area contributed by atoms with E-state index in [4.69, 9.17) is 14.2 Å². The highest BCUT2D eigenvalue weighted by atomic mass is 16.7. The lowest BCUT2D eigenvalue weighted by Crippen LogP contribution is -2.08. The van der Waals surface area contributed by atoms with Gasteiger partial charge in [-0.25, -0.2) is 0 Å². The first kappa shape index (κ1) is 12.0. The Balaban J connectivity index is 2.79. The van der Waals surface area contributed by atoms with Gasteiger partial charge in [-0.05, 0) is 26.0 Å². The van der Waals surface area contributed by atoms with Gasteiger partial charge >= 0.3 is 0 Å². The van der Waals surface area contributed by atoms with E-state index in [0.717, 1.165) is 11.3 Å². The van der Waals surface area contributed by atoms with Gasteiger partial charge < -0.3 is 14.2 Å². The third-order valence-electron chi connectivity index (χ3n) is 2.00. The maximum atomic E-state index is 5.49. The average molecular weight is 210 g/mol. The van der Waals surface area contributed by atoms with Crippen LogP contribution in [0.1, 0.15) is 25.7 Å². The molecular formula is C12H18O3. The first-order valence-corrected chi connectivity index (χ1v) is 5.19. The summed E-state index contributed by atoms with van der Waals surface area (Å²) in [5, 5.41) is 0. The van der Waals surface area contributed by atoms with Crippen molar-refractivity contribution in [2.24, 2.45) is 0 Å². The van der Waals surface area contributed by atoms with E-state index in [1.165, 1.54) is 0 Å². The summed E-state index contributed by atoms with van der Waals surface area (Å²) in [4.78, 5) is 0. The molecule has 0 saturated carbocycles. The van der Waals surface area contributed by atoms with Gasteiger partial charge in [0.05, 0.1) is 7.11 Å². The first-order chi connectivity index (χ1) is 7.31. The molecule has 0 bridgehead atoms. The topological polar surface area (TPSA) is 27.7 Å². The van der Waals surface area contributed by atoms with E-state index in [-0.39, 0.29) is 6.29 Å².